The lowest BCUT2D eigenvalue weighted by Crippen LogP contribution is -2.21. The van der Waals surface area contributed by atoms with Gasteiger partial charge in [-0.15, -0.1) is 0 Å². The molecule has 1 aromatic carbocycles. The summed E-state index contributed by atoms with van der Waals surface area (Å²) in [6.07, 6.45) is 1.08. The molecule has 4 heteroatoms. The van der Waals surface area contributed by atoms with Crippen LogP contribution in [0.2, 0.25) is 0 Å². The summed E-state index contributed by atoms with van der Waals surface area (Å²) in [5, 5.41) is 6.59. The smallest absolute Gasteiger partial charge is 0.137 e. The average molecular weight is 276 g/mol. The first-order valence-electron chi connectivity index (χ1n) is 7.06. The number of hydrogen-bond acceptors (Lipinski definition) is 3. The van der Waals surface area contributed by atoms with Crippen LogP contribution in [0.1, 0.15) is 19.1 Å². The van der Waals surface area contributed by atoms with E-state index in [-0.39, 0.29) is 5.82 Å². The molecular formula is C16H21FN2O. The van der Waals surface area contributed by atoms with Gasteiger partial charge in [0.1, 0.15) is 17.3 Å². The summed E-state index contributed by atoms with van der Waals surface area (Å²) in [5.74, 6) is 1.14. The van der Waals surface area contributed by atoms with Crippen LogP contribution in [0, 0.1) is 5.82 Å². The van der Waals surface area contributed by atoms with E-state index in [1.165, 1.54) is 6.07 Å². The third-order valence-corrected chi connectivity index (χ3v) is 3.06. The second kappa shape index (κ2) is 7.82. The Morgan fingerprint density at radius 3 is 2.65 bits per heavy atom. The van der Waals surface area contributed by atoms with Crippen molar-refractivity contribution in [2.24, 2.45) is 0 Å². The molecule has 0 radical (unpaired) electrons. The average Bonchev–Trinajstić information content (AvgIpc) is 2.92. The van der Waals surface area contributed by atoms with Crippen LogP contribution >= 0.6 is 0 Å². The molecule has 108 valence electrons. The van der Waals surface area contributed by atoms with Crippen LogP contribution in [-0.2, 0) is 6.54 Å². The lowest BCUT2D eigenvalue weighted by atomic mass is 10.1. The van der Waals surface area contributed by atoms with E-state index < -0.39 is 0 Å². The summed E-state index contributed by atoms with van der Waals surface area (Å²) in [7, 11) is 0. The Morgan fingerprint density at radius 2 is 1.85 bits per heavy atom. The molecule has 20 heavy (non-hydrogen) atoms. The van der Waals surface area contributed by atoms with E-state index in [9.17, 15) is 4.39 Å². The quantitative estimate of drug-likeness (QED) is 0.727. The first-order valence-corrected chi connectivity index (χ1v) is 7.06. The maximum atomic E-state index is 13.6. The summed E-state index contributed by atoms with van der Waals surface area (Å²) in [4.78, 5) is 0. The van der Waals surface area contributed by atoms with E-state index in [2.05, 4.69) is 17.6 Å². The minimum absolute atomic E-state index is 0.257. The molecule has 0 aliphatic rings. The molecule has 0 aliphatic carbocycles. The van der Waals surface area contributed by atoms with E-state index in [1.807, 2.05) is 12.1 Å². The Morgan fingerprint density at radius 1 is 1.05 bits per heavy atom. The minimum Gasteiger partial charge on any atom is -0.460 e. The lowest BCUT2D eigenvalue weighted by Gasteiger charge is -2.03. The topological polar surface area (TPSA) is 37.2 Å². The number of halogens is 1. The Hall–Kier alpha value is -1.65. The highest BCUT2D eigenvalue weighted by Crippen LogP contribution is 2.24. The number of nitrogens with one attached hydrogen (secondary N) is 2. The first-order chi connectivity index (χ1) is 9.81. The van der Waals surface area contributed by atoms with Gasteiger partial charge in [0.2, 0.25) is 0 Å². The third kappa shape index (κ3) is 4.18. The molecule has 2 rings (SSSR count). The molecule has 0 fully saturated rings. The van der Waals surface area contributed by atoms with Gasteiger partial charge in [0.25, 0.3) is 0 Å². The predicted molar refractivity (Wildman–Crippen MR) is 79.0 cm³/mol. The fourth-order valence-electron chi connectivity index (χ4n) is 2.01. The maximum absolute atomic E-state index is 13.6. The fourth-order valence-corrected chi connectivity index (χ4v) is 2.01. The molecule has 0 saturated heterocycles. The van der Waals surface area contributed by atoms with Gasteiger partial charge in [-0.1, -0.05) is 19.1 Å². The van der Waals surface area contributed by atoms with Crippen molar-refractivity contribution in [2.75, 3.05) is 19.6 Å². The summed E-state index contributed by atoms with van der Waals surface area (Å²) < 4.78 is 19.3. The van der Waals surface area contributed by atoms with Crippen molar-refractivity contribution in [2.45, 2.75) is 19.9 Å². The highest BCUT2D eigenvalue weighted by molar-refractivity contribution is 5.58. The fraction of sp³-hybridized carbons (Fsp3) is 0.375. The minimum atomic E-state index is -0.257. The highest BCUT2D eigenvalue weighted by atomic mass is 19.1. The number of benzene rings is 1. The van der Waals surface area contributed by atoms with Gasteiger partial charge in [0, 0.05) is 0 Å². The van der Waals surface area contributed by atoms with E-state index in [0.29, 0.717) is 17.9 Å². The predicted octanol–water partition coefficient (Wildman–Crippen LogP) is 3.17. The molecule has 2 N–H and O–H groups in total. The van der Waals surface area contributed by atoms with E-state index in [0.717, 1.165) is 31.8 Å². The second-order valence-corrected chi connectivity index (χ2v) is 4.63. The van der Waals surface area contributed by atoms with Gasteiger partial charge in [0.15, 0.2) is 0 Å². The molecule has 3 nitrogen and oxygen atoms in total. The maximum Gasteiger partial charge on any atom is 0.137 e. The van der Waals surface area contributed by atoms with Crippen molar-refractivity contribution in [3.05, 3.63) is 48.0 Å². The normalized spacial score (nSPS) is 10.9. The molecule has 0 aliphatic heterocycles. The third-order valence-electron chi connectivity index (χ3n) is 3.06. The summed E-state index contributed by atoms with van der Waals surface area (Å²) in [5.41, 5.74) is 0.505. The molecule has 0 saturated carbocycles. The van der Waals surface area contributed by atoms with Crippen LogP contribution in [0.4, 0.5) is 4.39 Å². The first kappa shape index (κ1) is 14.8. The van der Waals surface area contributed by atoms with Gasteiger partial charge in [-0.25, -0.2) is 4.39 Å². The SMILES string of the molecule is CCNCCCNCc1ccc(-c2ccccc2F)o1. The summed E-state index contributed by atoms with van der Waals surface area (Å²) >= 11 is 0. The molecule has 2 aromatic rings. The van der Waals surface area contributed by atoms with Crippen molar-refractivity contribution in [1.82, 2.24) is 10.6 Å². The van der Waals surface area contributed by atoms with Crippen molar-refractivity contribution in [3.8, 4) is 11.3 Å². The van der Waals surface area contributed by atoms with Gasteiger partial charge in [0.05, 0.1) is 12.1 Å². The zero-order valence-corrected chi connectivity index (χ0v) is 11.8. The van der Waals surface area contributed by atoms with Crippen LogP contribution in [0.5, 0.6) is 0 Å². The molecule has 0 atom stereocenters. The zero-order valence-electron chi connectivity index (χ0n) is 11.8. The van der Waals surface area contributed by atoms with Crippen molar-refractivity contribution in [3.63, 3.8) is 0 Å². The molecule has 1 aromatic heterocycles. The number of furan rings is 1. The Bertz CT molecular complexity index is 525. The largest absolute Gasteiger partial charge is 0.460 e. The van der Waals surface area contributed by atoms with Gasteiger partial charge < -0.3 is 15.1 Å². The second-order valence-electron chi connectivity index (χ2n) is 4.63. The number of rotatable bonds is 8. The molecule has 0 amide bonds. The van der Waals surface area contributed by atoms with E-state index in [4.69, 9.17) is 4.42 Å². The van der Waals surface area contributed by atoms with Crippen molar-refractivity contribution < 1.29 is 8.81 Å². The Balaban J connectivity index is 1.82. The number of hydrogen-bond donors (Lipinski definition) is 2. The van der Waals surface area contributed by atoms with Crippen LogP contribution in [-0.4, -0.2) is 19.6 Å². The molecule has 0 unspecified atom stereocenters. The summed E-state index contributed by atoms with van der Waals surface area (Å²) in [6, 6.07) is 10.3. The Labute approximate surface area is 119 Å². The van der Waals surface area contributed by atoms with Gasteiger partial charge in [-0.05, 0) is 50.3 Å². The van der Waals surface area contributed by atoms with Crippen LogP contribution < -0.4 is 10.6 Å². The molecular weight excluding hydrogens is 255 g/mol. The van der Waals surface area contributed by atoms with Gasteiger partial charge in [-0.3, -0.25) is 0 Å². The van der Waals surface area contributed by atoms with Crippen LogP contribution in [0.15, 0.2) is 40.8 Å². The standard InChI is InChI=1S/C16H21FN2O/c1-2-18-10-5-11-19-12-13-8-9-16(20-13)14-6-3-4-7-15(14)17/h3-4,6-9,18-19H,2,5,10-12H2,1H3. The van der Waals surface area contributed by atoms with Gasteiger partial charge in [-0.2, -0.15) is 0 Å². The highest BCUT2D eigenvalue weighted by Gasteiger charge is 2.08. The summed E-state index contributed by atoms with van der Waals surface area (Å²) in [6.45, 7) is 5.72. The molecule has 0 spiro atoms. The van der Waals surface area contributed by atoms with Crippen molar-refractivity contribution >= 4 is 0 Å². The Kier molecular flexibility index (Phi) is 5.77. The zero-order chi connectivity index (χ0) is 14.2. The van der Waals surface area contributed by atoms with Gasteiger partial charge >= 0.3 is 0 Å². The van der Waals surface area contributed by atoms with E-state index >= 15 is 0 Å². The lowest BCUT2D eigenvalue weighted by molar-refractivity contribution is 0.486. The monoisotopic (exact) mass is 276 g/mol. The molecule has 0 bridgehead atoms. The van der Waals surface area contributed by atoms with Crippen LogP contribution in [0.25, 0.3) is 11.3 Å². The van der Waals surface area contributed by atoms with Crippen molar-refractivity contribution in [1.29, 1.82) is 0 Å². The van der Waals surface area contributed by atoms with Crippen LogP contribution in [0.3, 0.4) is 0 Å². The van der Waals surface area contributed by atoms with E-state index in [1.54, 1.807) is 18.2 Å². The molecule has 1 heterocycles.